The predicted octanol–water partition coefficient (Wildman–Crippen LogP) is 2.49. The third-order valence-electron chi connectivity index (χ3n) is 2.02. The van der Waals surface area contributed by atoms with Crippen molar-refractivity contribution in [3.8, 4) is 0 Å². The lowest BCUT2D eigenvalue weighted by atomic mass is 10.1. The zero-order valence-corrected chi connectivity index (χ0v) is 9.27. The SMILES string of the molecule is Cc1cc(C(=O)NCCCCl)ccc1F. The molecule has 0 aromatic heterocycles. The largest absolute Gasteiger partial charge is 0.352 e. The minimum absolute atomic E-state index is 0.191. The van der Waals surface area contributed by atoms with Crippen LogP contribution in [0, 0.1) is 12.7 Å². The summed E-state index contributed by atoms with van der Waals surface area (Å²) in [4.78, 5) is 11.5. The van der Waals surface area contributed by atoms with Gasteiger partial charge in [0.05, 0.1) is 0 Å². The first kappa shape index (κ1) is 12.0. The number of hydrogen-bond acceptors (Lipinski definition) is 1. The Balaban J connectivity index is 2.62. The van der Waals surface area contributed by atoms with Crippen molar-refractivity contribution < 1.29 is 9.18 Å². The first-order valence-electron chi connectivity index (χ1n) is 4.75. The Morgan fingerprint density at radius 3 is 2.87 bits per heavy atom. The van der Waals surface area contributed by atoms with Crippen molar-refractivity contribution in [2.24, 2.45) is 0 Å². The lowest BCUT2D eigenvalue weighted by Gasteiger charge is -2.05. The summed E-state index contributed by atoms with van der Waals surface area (Å²) < 4.78 is 12.9. The van der Waals surface area contributed by atoms with Crippen LogP contribution < -0.4 is 5.32 Å². The van der Waals surface area contributed by atoms with Gasteiger partial charge in [-0.15, -0.1) is 11.6 Å². The molecule has 4 heteroatoms. The number of carbonyl (C=O) groups excluding carboxylic acids is 1. The fourth-order valence-electron chi connectivity index (χ4n) is 1.16. The van der Waals surface area contributed by atoms with Gasteiger partial charge in [0.25, 0.3) is 5.91 Å². The zero-order valence-electron chi connectivity index (χ0n) is 8.52. The highest BCUT2D eigenvalue weighted by atomic mass is 35.5. The molecule has 0 spiro atoms. The standard InChI is InChI=1S/C11H13ClFNO/c1-8-7-9(3-4-10(8)13)11(15)14-6-2-5-12/h3-4,7H,2,5-6H2,1H3,(H,14,15). The molecule has 0 radical (unpaired) electrons. The van der Waals surface area contributed by atoms with Gasteiger partial charge in [-0.05, 0) is 37.1 Å². The molecule has 0 saturated heterocycles. The summed E-state index contributed by atoms with van der Waals surface area (Å²) >= 11 is 5.48. The number of hydrogen-bond donors (Lipinski definition) is 1. The normalized spacial score (nSPS) is 10.1. The molecule has 0 atom stereocenters. The van der Waals surface area contributed by atoms with Gasteiger partial charge in [-0.2, -0.15) is 0 Å². The van der Waals surface area contributed by atoms with Crippen molar-refractivity contribution in [3.05, 3.63) is 35.1 Å². The highest BCUT2D eigenvalue weighted by Gasteiger charge is 2.06. The molecule has 1 rings (SSSR count). The van der Waals surface area contributed by atoms with Crippen molar-refractivity contribution in [1.29, 1.82) is 0 Å². The van der Waals surface area contributed by atoms with Gasteiger partial charge in [0.2, 0.25) is 0 Å². The number of nitrogens with one attached hydrogen (secondary N) is 1. The van der Waals surface area contributed by atoms with E-state index in [9.17, 15) is 9.18 Å². The zero-order chi connectivity index (χ0) is 11.3. The average molecular weight is 230 g/mol. The summed E-state index contributed by atoms with van der Waals surface area (Å²) in [7, 11) is 0. The van der Waals surface area contributed by atoms with E-state index < -0.39 is 0 Å². The van der Waals surface area contributed by atoms with Crippen LogP contribution in [0.15, 0.2) is 18.2 Å². The molecule has 0 bridgehead atoms. The van der Waals surface area contributed by atoms with E-state index in [1.807, 2.05) is 0 Å². The molecule has 0 aliphatic carbocycles. The highest BCUT2D eigenvalue weighted by Crippen LogP contribution is 2.08. The smallest absolute Gasteiger partial charge is 0.251 e. The van der Waals surface area contributed by atoms with Crippen LogP contribution in [-0.2, 0) is 0 Å². The fourth-order valence-corrected chi connectivity index (χ4v) is 1.29. The van der Waals surface area contributed by atoms with E-state index in [1.54, 1.807) is 6.92 Å². The Morgan fingerprint density at radius 2 is 2.27 bits per heavy atom. The second kappa shape index (κ2) is 5.71. The molecular formula is C11H13ClFNO. The van der Waals surface area contributed by atoms with Crippen molar-refractivity contribution in [1.82, 2.24) is 5.32 Å². The topological polar surface area (TPSA) is 29.1 Å². The van der Waals surface area contributed by atoms with Gasteiger partial charge >= 0.3 is 0 Å². The number of rotatable bonds is 4. The summed E-state index contributed by atoms with van der Waals surface area (Å²) in [5.41, 5.74) is 0.948. The van der Waals surface area contributed by atoms with Crippen LogP contribution in [0.1, 0.15) is 22.3 Å². The van der Waals surface area contributed by atoms with Crippen LogP contribution >= 0.6 is 11.6 Å². The van der Waals surface area contributed by atoms with E-state index in [-0.39, 0.29) is 11.7 Å². The van der Waals surface area contributed by atoms with E-state index in [0.29, 0.717) is 23.6 Å². The van der Waals surface area contributed by atoms with Gasteiger partial charge in [-0.25, -0.2) is 4.39 Å². The van der Waals surface area contributed by atoms with Crippen molar-refractivity contribution in [2.45, 2.75) is 13.3 Å². The summed E-state index contributed by atoms with van der Waals surface area (Å²) in [6, 6.07) is 4.30. The van der Waals surface area contributed by atoms with E-state index >= 15 is 0 Å². The lowest BCUT2D eigenvalue weighted by molar-refractivity contribution is 0.0953. The summed E-state index contributed by atoms with van der Waals surface area (Å²) in [5.74, 6) is 0.0263. The van der Waals surface area contributed by atoms with Crippen LogP contribution in [0.25, 0.3) is 0 Å². The molecule has 15 heavy (non-hydrogen) atoms. The average Bonchev–Trinajstić information content (AvgIpc) is 2.22. The van der Waals surface area contributed by atoms with Gasteiger partial charge in [-0.1, -0.05) is 0 Å². The first-order valence-corrected chi connectivity index (χ1v) is 5.29. The Labute approximate surface area is 93.4 Å². The monoisotopic (exact) mass is 229 g/mol. The summed E-state index contributed by atoms with van der Waals surface area (Å²) in [6.07, 6.45) is 0.730. The van der Waals surface area contributed by atoms with Gasteiger partial charge in [-0.3, -0.25) is 4.79 Å². The van der Waals surface area contributed by atoms with E-state index in [2.05, 4.69) is 5.32 Å². The summed E-state index contributed by atoms with van der Waals surface area (Å²) in [6.45, 7) is 2.17. The Morgan fingerprint density at radius 1 is 1.53 bits per heavy atom. The minimum Gasteiger partial charge on any atom is -0.352 e. The Kier molecular flexibility index (Phi) is 4.56. The minimum atomic E-state index is -0.299. The molecule has 1 aromatic rings. The highest BCUT2D eigenvalue weighted by molar-refractivity contribution is 6.17. The van der Waals surface area contributed by atoms with Gasteiger partial charge in [0.15, 0.2) is 0 Å². The van der Waals surface area contributed by atoms with Gasteiger partial charge in [0, 0.05) is 18.0 Å². The quantitative estimate of drug-likeness (QED) is 0.624. The van der Waals surface area contributed by atoms with Crippen LogP contribution in [0.5, 0.6) is 0 Å². The Bertz CT molecular complexity index is 354. The molecule has 82 valence electrons. The molecule has 1 amide bonds. The number of aryl methyl sites for hydroxylation is 1. The van der Waals surface area contributed by atoms with Gasteiger partial charge in [0.1, 0.15) is 5.82 Å². The number of alkyl halides is 1. The van der Waals surface area contributed by atoms with Crippen LogP contribution in [0.4, 0.5) is 4.39 Å². The van der Waals surface area contributed by atoms with E-state index in [0.717, 1.165) is 6.42 Å². The first-order chi connectivity index (χ1) is 7.15. The van der Waals surface area contributed by atoms with Crippen LogP contribution in [-0.4, -0.2) is 18.3 Å². The molecule has 2 nitrogen and oxygen atoms in total. The third kappa shape index (κ3) is 3.51. The molecular weight excluding hydrogens is 217 g/mol. The maximum Gasteiger partial charge on any atom is 0.251 e. The van der Waals surface area contributed by atoms with Crippen LogP contribution in [0.2, 0.25) is 0 Å². The molecule has 0 heterocycles. The molecule has 0 aliphatic heterocycles. The molecule has 0 unspecified atom stereocenters. The molecule has 0 saturated carbocycles. The van der Waals surface area contributed by atoms with E-state index in [1.165, 1.54) is 18.2 Å². The fraction of sp³-hybridized carbons (Fsp3) is 0.364. The van der Waals surface area contributed by atoms with Crippen molar-refractivity contribution in [3.63, 3.8) is 0 Å². The molecule has 0 fully saturated rings. The number of amides is 1. The van der Waals surface area contributed by atoms with Crippen molar-refractivity contribution >= 4 is 17.5 Å². The van der Waals surface area contributed by atoms with Crippen molar-refractivity contribution in [2.75, 3.05) is 12.4 Å². The Hall–Kier alpha value is -1.09. The molecule has 1 N–H and O–H groups in total. The number of halogens is 2. The second-order valence-corrected chi connectivity index (χ2v) is 3.64. The maximum absolute atomic E-state index is 12.9. The van der Waals surface area contributed by atoms with E-state index in [4.69, 9.17) is 11.6 Å². The van der Waals surface area contributed by atoms with Gasteiger partial charge < -0.3 is 5.32 Å². The summed E-state index contributed by atoms with van der Waals surface area (Å²) in [5, 5.41) is 2.70. The third-order valence-corrected chi connectivity index (χ3v) is 2.28. The number of carbonyl (C=O) groups is 1. The lowest BCUT2D eigenvalue weighted by Crippen LogP contribution is -2.24. The molecule has 0 aliphatic rings. The molecule has 1 aromatic carbocycles. The van der Waals surface area contributed by atoms with Crippen LogP contribution in [0.3, 0.4) is 0 Å². The predicted molar refractivity (Wildman–Crippen MR) is 58.8 cm³/mol. The second-order valence-electron chi connectivity index (χ2n) is 3.26. The maximum atomic E-state index is 12.9. The number of benzene rings is 1.